The minimum atomic E-state index is -3.08. The maximum atomic E-state index is 12.5. The van der Waals surface area contributed by atoms with E-state index in [9.17, 15) is 24.5 Å². The molecule has 4 N–H and O–H groups in total. The molecule has 15 heteroatoms. The number of esters is 2. The smallest absolute Gasteiger partial charge is 0.323 e. The van der Waals surface area contributed by atoms with Crippen LogP contribution in [0.4, 0.5) is 5.82 Å². The van der Waals surface area contributed by atoms with E-state index in [-0.39, 0.29) is 18.3 Å². The van der Waals surface area contributed by atoms with Gasteiger partial charge in [0.05, 0.1) is 11.8 Å². The van der Waals surface area contributed by atoms with Crippen LogP contribution in [0, 0.1) is 11.3 Å². The van der Waals surface area contributed by atoms with Crippen molar-refractivity contribution in [1.82, 2.24) is 19.7 Å². The monoisotopic (exact) mass is 524 g/mol. The van der Waals surface area contributed by atoms with Crippen LogP contribution in [0.5, 0.6) is 0 Å². The van der Waals surface area contributed by atoms with Crippen LogP contribution in [0.3, 0.4) is 0 Å². The summed E-state index contributed by atoms with van der Waals surface area (Å²) in [5, 5.41) is 27.7. The molecule has 0 spiro atoms. The summed E-state index contributed by atoms with van der Waals surface area (Å²) in [5.41, 5.74) is 4.60. The minimum Gasteiger partial charge on any atom is -0.462 e. The maximum Gasteiger partial charge on any atom is 0.323 e. The van der Waals surface area contributed by atoms with Crippen molar-refractivity contribution in [3.63, 3.8) is 0 Å². The third kappa shape index (κ3) is 5.66. The summed E-state index contributed by atoms with van der Waals surface area (Å²) in [4.78, 5) is 28.0. The van der Waals surface area contributed by atoms with Crippen LogP contribution in [0.2, 0.25) is 0 Å². The zero-order valence-electron chi connectivity index (χ0n) is 20.2. The number of aliphatic hydroxyl groups excluding tert-OH is 1. The van der Waals surface area contributed by atoms with E-state index in [2.05, 4.69) is 15.2 Å². The molecule has 0 aliphatic carbocycles. The number of carbonyl (C=O) groups is 2. The SMILES string of the molecule is CCC(=O)O[C@H]1[C@@H](O)[C@H](c2ccc3c(N)ncnn23)O[C@]1(C#N)CO[PH](=O)N[C@@H](C)C(=O)OC(C)C. The molecule has 3 heterocycles. The summed E-state index contributed by atoms with van der Waals surface area (Å²) in [6, 6.07) is 4.14. The normalized spacial score (nSPS) is 25.4. The van der Waals surface area contributed by atoms with E-state index in [1.54, 1.807) is 32.9 Å². The number of nitrogens with zero attached hydrogens (tertiary/aromatic N) is 4. The molecule has 196 valence electrons. The number of fused-ring (bicyclic) bond motifs is 1. The second kappa shape index (κ2) is 11.3. The van der Waals surface area contributed by atoms with Gasteiger partial charge in [-0.15, -0.1) is 0 Å². The predicted molar refractivity (Wildman–Crippen MR) is 125 cm³/mol. The number of nitrogens with two attached hydrogens (primary N) is 1. The zero-order chi connectivity index (χ0) is 26.6. The highest BCUT2D eigenvalue weighted by Gasteiger charge is 2.59. The second-order valence-corrected chi connectivity index (χ2v) is 9.57. The highest BCUT2D eigenvalue weighted by atomic mass is 31.1. The number of hydrogen-bond acceptors (Lipinski definition) is 12. The summed E-state index contributed by atoms with van der Waals surface area (Å²) >= 11 is 0. The van der Waals surface area contributed by atoms with E-state index < -0.39 is 56.7 Å². The molecule has 36 heavy (non-hydrogen) atoms. The number of nitrogens with one attached hydrogen (secondary N) is 1. The third-order valence-electron chi connectivity index (χ3n) is 5.41. The first-order valence-electron chi connectivity index (χ1n) is 11.2. The Morgan fingerprint density at radius 3 is 2.78 bits per heavy atom. The van der Waals surface area contributed by atoms with Gasteiger partial charge in [0.25, 0.3) is 8.18 Å². The number of aliphatic hydroxyl groups is 1. The number of anilines is 1. The number of rotatable bonds is 10. The first-order valence-corrected chi connectivity index (χ1v) is 12.5. The Morgan fingerprint density at radius 1 is 1.42 bits per heavy atom. The quantitative estimate of drug-likeness (QED) is 0.289. The van der Waals surface area contributed by atoms with Crippen molar-refractivity contribution in [1.29, 1.82) is 5.26 Å². The fourth-order valence-electron chi connectivity index (χ4n) is 3.63. The van der Waals surface area contributed by atoms with Gasteiger partial charge in [-0.25, -0.2) is 14.6 Å². The molecule has 1 aliphatic heterocycles. The lowest BCUT2D eigenvalue weighted by Crippen LogP contribution is -2.48. The van der Waals surface area contributed by atoms with Gasteiger partial charge in [0.1, 0.15) is 42.8 Å². The lowest BCUT2D eigenvalue weighted by Gasteiger charge is -2.27. The molecule has 0 saturated carbocycles. The highest BCUT2D eigenvalue weighted by molar-refractivity contribution is 7.36. The molecule has 14 nitrogen and oxygen atoms in total. The Bertz CT molecular complexity index is 1180. The van der Waals surface area contributed by atoms with Crippen molar-refractivity contribution < 1.29 is 38.0 Å². The Kier molecular flexibility index (Phi) is 8.65. The molecule has 0 bridgehead atoms. The molecule has 0 radical (unpaired) electrons. The summed E-state index contributed by atoms with van der Waals surface area (Å²) in [6.45, 7) is 5.70. The van der Waals surface area contributed by atoms with Crippen LogP contribution in [-0.2, 0) is 32.9 Å². The molecule has 1 saturated heterocycles. The van der Waals surface area contributed by atoms with Gasteiger partial charge in [0.15, 0.2) is 11.9 Å². The van der Waals surface area contributed by atoms with Crippen LogP contribution >= 0.6 is 8.18 Å². The first-order chi connectivity index (χ1) is 17.0. The number of hydrogen-bond donors (Lipinski definition) is 3. The summed E-state index contributed by atoms with van der Waals surface area (Å²) in [7, 11) is -3.08. The second-order valence-electron chi connectivity index (χ2n) is 8.42. The van der Waals surface area contributed by atoms with E-state index in [1.165, 1.54) is 17.8 Å². The molecule has 1 aliphatic rings. The Hall–Kier alpha value is -3.08. The number of ether oxygens (including phenoxy) is 3. The molecule has 0 aromatic carbocycles. The average molecular weight is 524 g/mol. The van der Waals surface area contributed by atoms with Crippen molar-refractivity contribution in [2.24, 2.45) is 0 Å². The number of aromatic nitrogens is 3. The molecular formula is C21H29N6O8P. The van der Waals surface area contributed by atoms with Gasteiger partial charge in [0, 0.05) is 6.42 Å². The topological polar surface area (TPSA) is 200 Å². The molecule has 3 rings (SSSR count). The fraction of sp³-hybridized carbons (Fsp3) is 0.571. The van der Waals surface area contributed by atoms with Crippen molar-refractivity contribution in [3.05, 3.63) is 24.2 Å². The van der Waals surface area contributed by atoms with Crippen LogP contribution in [0.25, 0.3) is 5.52 Å². The highest BCUT2D eigenvalue weighted by Crippen LogP contribution is 2.43. The molecule has 6 atom stereocenters. The molecule has 0 amide bonds. The molecular weight excluding hydrogens is 495 g/mol. The van der Waals surface area contributed by atoms with Crippen molar-refractivity contribution in [2.45, 2.75) is 70.2 Å². The van der Waals surface area contributed by atoms with Crippen LogP contribution in [0.15, 0.2) is 18.5 Å². The fourth-order valence-corrected chi connectivity index (χ4v) is 4.53. The van der Waals surface area contributed by atoms with Gasteiger partial charge < -0.3 is 29.6 Å². The number of carbonyl (C=O) groups excluding carboxylic acids is 2. The van der Waals surface area contributed by atoms with Crippen LogP contribution < -0.4 is 10.8 Å². The largest absolute Gasteiger partial charge is 0.462 e. The Labute approximate surface area is 207 Å². The van der Waals surface area contributed by atoms with E-state index in [0.29, 0.717) is 11.2 Å². The van der Waals surface area contributed by atoms with Gasteiger partial charge in [-0.05, 0) is 32.9 Å². The van der Waals surface area contributed by atoms with Crippen molar-refractivity contribution in [3.8, 4) is 6.07 Å². The summed E-state index contributed by atoms with van der Waals surface area (Å²) < 4.78 is 35.6. The van der Waals surface area contributed by atoms with E-state index in [0.717, 1.165) is 0 Å². The van der Waals surface area contributed by atoms with Crippen molar-refractivity contribution >= 4 is 31.5 Å². The number of nitrogen functional groups attached to an aromatic ring is 1. The minimum absolute atomic E-state index is 0.0261. The first kappa shape index (κ1) is 27.5. The zero-order valence-corrected chi connectivity index (χ0v) is 21.2. The average Bonchev–Trinajstić information content (AvgIpc) is 3.38. The van der Waals surface area contributed by atoms with Gasteiger partial charge in [0.2, 0.25) is 5.60 Å². The van der Waals surface area contributed by atoms with Gasteiger partial charge in [-0.3, -0.25) is 14.2 Å². The Morgan fingerprint density at radius 2 is 2.14 bits per heavy atom. The van der Waals surface area contributed by atoms with Gasteiger partial charge in [-0.2, -0.15) is 10.4 Å². The number of nitriles is 1. The standard InChI is InChI=1S/C21H29N6O8P/c1-5-15(28)34-18-16(29)17(13-6-7-14-19(23)24-10-25-27(13)14)35-21(18,8-22)9-32-36(31)26-12(4)20(30)33-11(2)3/h6-7,10-12,16-18,29,36H,5,9H2,1-4H3,(H,26,31)(H2,23,24,25)/t12-,16-,17-,18-,21+/m0/s1. The molecule has 2 aromatic heterocycles. The van der Waals surface area contributed by atoms with Crippen LogP contribution in [-0.4, -0.2) is 68.2 Å². The third-order valence-corrected chi connectivity index (χ3v) is 6.49. The van der Waals surface area contributed by atoms with E-state index >= 15 is 0 Å². The summed E-state index contributed by atoms with van der Waals surface area (Å²) in [6.07, 6.45) is -3.35. The van der Waals surface area contributed by atoms with E-state index in [4.69, 9.17) is 24.5 Å². The predicted octanol–water partition coefficient (Wildman–Crippen LogP) is 0.664. The lowest BCUT2D eigenvalue weighted by molar-refractivity contribution is -0.160. The molecule has 1 unspecified atom stereocenters. The van der Waals surface area contributed by atoms with Gasteiger partial charge >= 0.3 is 11.9 Å². The summed E-state index contributed by atoms with van der Waals surface area (Å²) in [5.74, 6) is -1.14. The lowest BCUT2D eigenvalue weighted by atomic mass is 9.96. The van der Waals surface area contributed by atoms with Crippen molar-refractivity contribution in [2.75, 3.05) is 12.3 Å². The Balaban J connectivity index is 1.84. The molecule has 2 aromatic rings. The molecule has 1 fully saturated rings. The maximum absolute atomic E-state index is 12.5. The van der Waals surface area contributed by atoms with Gasteiger partial charge in [-0.1, -0.05) is 6.92 Å². The van der Waals surface area contributed by atoms with E-state index in [1.807, 2.05) is 6.07 Å². The van der Waals surface area contributed by atoms with Crippen LogP contribution in [0.1, 0.15) is 45.9 Å².